The molecule has 1 heterocycles. The first-order chi connectivity index (χ1) is 13.8. The van der Waals surface area contributed by atoms with Crippen molar-refractivity contribution in [3.05, 3.63) is 24.3 Å². The van der Waals surface area contributed by atoms with Crippen LogP contribution in [0.1, 0.15) is 32.1 Å². The normalized spacial score (nSPS) is 20.4. The second-order valence-electron chi connectivity index (χ2n) is 8.03. The van der Waals surface area contributed by atoms with E-state index >= 15 is 0 Å². The molecule has 0 atom stereocenters. The number of thiocarbonyl (C=S) groups is 1. The van der Waals surface area contributed by atoms with E-state index in [1.54, 1.807) is 24.3 Å². The molecule has 0 radical (unpaired) electrons. The molecule has 1 aromatic rings. The molecule has 0 aromatic heterocycles. The molecule has 0 amide bonds. The molecule has 1 aliphatic heterocycles. The number of hydrogen-bond acceptors (Lipinski definition) is 5. The standard InChI is InChI=1S/C20H32N4O3S2/c1-23(2)20(10-4-3-5-11-20)16-21-19(28)22-17-6-8-18(9-7-17)29(25,26)24-12-14-27-15-13-24/h6-9H,3-5,10-16H2,1-2H3,(H2,21,22,28). The van der Waals surface area contributed by atoms with E-state index in [1.807, 2.05) is 0 Å². The molecular formula is C20H32N4O3S2. The Morgan fingerprint density at radius 1 is 1.14 bits per heavy atom. The number of ether oxygens (including phenoxy) is 1. The van der Waals surface area contributed by atoms with E-state index < -0.39 is 10.0 Å². The molecule has 0 unspecified atom stereocenters. The second-order valence-corrected chi connectivity index (χ2v) is 10.4. The molecule has 1 aromatic carbocycles. The first-order valence-corrected chi connectivity index (χ1v) is 12.1. The molecule has 1 saturated heterocycles. The summed E-state index contributed by atoms with van der Waals surface area (Å²) in [5.41, 5.74) is 0.908. The number of morpholine rings is 1. The predicted octanol–water partition coefficient (Wildman–Crippen LogP) is 2.26. The van der Waals surface area contributed by atoms with Gasteiger partial charge in [-0.05, 0) is 63.4 Å². The zero-order valence-electron chi connectivity index (χ0n) is 17.3. The Kier molecular flexibility index (Phi) is 7.50. The lowest BCUT2D eigenvalue weighted by Crippen LogP contribution is -2.54. The van der Waals surface area contributed by atoms with Crippen LogP contribution < -0.4 is 10.6 Å². The molecule has 162 valence electrons. The van der Waals surface area contributed by atoms with Crippen molar-refractivity contribution in [1.29, 1.82) is 0 Å². The van der Waals surface area contributed by atoms with Gasteiger partial charge in [0.25, 0.3) is 0 Å². The van der Waals surface area contributed by atoms with Gasteiger partial charge in [-0.15, -0.1) is 0 Å². The van der Waals surface area contributed by atoms with Crippen molar-refractivity contribution in [2.24, 2.45) is 0 Å². The zero-order chi connectivity index (χ0) is 20.9. The van der Waals surface area contributed by atoms with Gasteiger partial charge in [0.05, 0.1) is 18.1 Å². The van der Waals surface area contributed by atoms with Crippen LogP contribution in [0.3, 0.4) is 0 Å². The molecule has 1 aliphatic carbocycles. The molecule has 2 fully saturated rings. The second kappa shape index (κ2) is 9.70. The number of likely N-dealkylation sites (N-methyl/N-ethyl adjacent to an activating group) is 1. The van der Waals surface area contributed by atoms with Gasteiger partial charge in [0, 0.05) is 30.9 Å². The maximum Gasteiger partial charge on any atom is 0.243 e. The summed E-state index contributed by atoms with van der Waals surface area (Å²) in [5.74, 6) is 0. The number of sulfonamides is 1. The maximum atomic E-state index is 12.7. The Balaban J connectivity index is 1.57. The molecule has 0 bridgehead atoms. The lowest BCUT2D eigenvalue weighted by atomic mass is 9.80. The van der Waals surface area contributed by atoms with Crippen molar-refractivity contribution in [3.63, 3.8) is 0 Å². The van der Waals surface area contributed by atoms with Crippen LogP contribution in [0.4, 0.5) is 5.69 Å². The lowest BCUT2D eigenvalue weighted by Gasteiger charge is -2.43. The van der Waals surface area contributed by atoms with Crippen LogP contribution in [0.5, 0.6) is 0 Å². The van der Waals surface area contributed by atoms with Crippen molar-refractivity contribution >= 4 is 33.0 Å². The van der Waals surface area contributed by atoms with E-state index in [9.17, 15) is 8.42 Å². The smallest absolute Gasteiger partial charge is 0.243 e. The highest BCUT2D eigenvalue weighted by Crippen LogP contribution is 2.31. The van der Waals surface area contributed by atoms with Gasteiger partial charge in [0.1, 0.15) is 0 Å². The molecule has 3 rings (SSSR count). The number of nitrogens with one attached hydrogen (secondary N) is 2. The number of hydrogen-bond donors (Lipinski definition) is 2. The van der Waals surface area contributed by atoms with Crippen LogP contribution in [0.25, 0.3) is 0 Å². The molecular weight excluding hydrogens is 408 g/mol. The summed E-state index contributed by atoms with van der Waals surface area (Å²) in [4.78, 5) is 2.60. The minimum absolute atomic E-state index is 0.139. The van der Waals surface area contributed by atoms with Crippen molar-refractivity contribution in [2.75, 3.05) is 52.3 Å². The summed E-state index contributed by atoms with van der Waals surface area (Å²) >= 11 is 5.47. The summed E-state index contributed by atoms with van der Waals surface area (Å²) in [6.07, 6.45) is 6.14. The van der Waals surface area contributed by atoms with Gasteiger partial charge < -0.3 is 20.3 Å². The van der Waals surface area contributed by atoms with Crippen molar-refractivity contribution in [2.45, 2.75) is 42.5 Å². The molecule has 1 saturated carbocycles. The van der Waals surface area contributed by atoms with Gasteiger partial charge in [-0.1, -0.05) is 19.3 Å². The minimum Gasteiger partial charge on any atom is -0.379 e. The SMILES string of the molecule is CN(C)C1(CNC(=S)Nc2ccc(S(=O)(=O)N3CCOCC3)cc2)CCCCC1. The van der Waals surface area contributed by atoms with Crippen molar-refractivity contribution < 1.29 is 13.2 Å². The van der Waals surface area contributed by atoms with E-state index in [0.717, 1.165) is 12.2 Å². The molecule has 2 N–H and O–H groups in total. The number of benzene rings is 1. The summed E-state index contributed by atoms with van der Waals surface area (Å²) in [6, 6.07) is 6.75. The van der Waals surface area contributed by atoms with Gasteiger partial charge in [0.2, 0.25) is 10.0 Å². The van der Waals surface area contributed by atoms with Gasteiger partial charge in [-0.2, -0.15) is 4.31 Å². The highest BCUT2D eigenvalue weighted by Gasteiger charge is 2.34. The van der Waals surface area contributed by atoms with Crippen LogP contribution in [-0.4, -0.2) is 75.2 Å². The fourth-order valence-corrected chi connectivity index (χ4v) is 5.66. The Morgan fingerprint density at radius 3 is 2.34 bits per heavy atom. The van der Waals surface area contributed by atoms with Gasteiger partial charge >= 0.3 is 0 Å². The quantitative estimate of drug-likeness (QED) is 0.657. The fraction of sp³-hybridized carbons (Fsp3) is 0.650. The van der Waals surface area contributed by atoms with Crippen LogP contribution in [0.15, 0.2) is 29.2 Å². The van der Waals surface area contributed by atoms with Crippen LogP contribution >= 0.6 is 12.2 Å². The monoisotopic (exact) mass is 440 g/mol. The van der Waals surface area contributed by atoms with Crippen LogP contribution in [0, 0.1) is 0 Å². The average Bonchev–Trinajstić information content (AvgIpc) is 2.74. The van der Waals surface area contributed by atoms with Gasteiger partial charge in [-0.3, -0.25) is 0 Å². The van der Waals surface area contributed by atoms with Gasteiger partial charge in [-0.25, -0.2) is 8.42 Å². The largest absolute Gasteiger partial charge is 0.379 e. The third kappa shape index (κ3) is 5.46. The van der Waals surface area contributed by atoms with E-state index in [1.165, 1.54) is 36.4 Å². The first kappa shape index (κ1) is 22.4. The molecule has 0 spiro atoms. The third-order valence-electron chi connectivity index (χ3n) is 6.03. The number of nitrogens with zero attached hydrogens (tertiary/aromatic N) is 2. The summed E-state index contributed by atoms with van der Waals surface area (Å²) < 4.78 is 32.1. The van der Waals surface area contributed by atoms with Crippen molar-refractivity contribution in [3.8, 4) is 0 Å². The molecule has 9 heteroatoms. The summed E-state index contributed by atoms with van der Waals surface area (Å²) in [6.45, 7) is 2.46. The number of anilines is 1. The zero-order valence-corrected chi connectivity index (χ0v) is 18.9. The Morgan fingerprint density at radius 2 is 1.76 bits per heavy atom. The number of rotatable bonds is 6. The van der Waals surface area contributed by atoms with Crippen molar-refractivity contribution in [1.82, 2.24) is 14.5 Å². The third-order valence-corrected chi connectivity index (χ3v) is 8.19. The molecule has 29 heavy (non-hydrogen) atoms. The van der Waals surface area contributed by atoms with E-state index in [0.29, 0.717) is 31.4 Å². The summed E-state index contributed by atoms with van der Waals surface area (Å²) in [7, 11) is 0.794. The predicted molar refractivity (Wildman–Crippen MR) is 120 cm³/mol. The van der Waals surface area contributed by atoms with Crippen LogP contribution in [0.2, 0.25) is 0 Å². The fourth-order valence-electron chi connectivity index (χ4n) is 4.06. The highest BCUT2D eigenvalue weighted by atomic mass is 32.2. The Bertz CT molecular complexity index is 784. The maximum absolute atomic E-state index is 12.7. The Labute approximate surface area is 179 Å². The Hall–Kier alpha value is -1.26. The minimum atomic E-state index is -3.48. The van der Waals surface area contributed by atoms with E-state index in [4.69, 9.17) is 17.0 Å². The van der Waals surface area contributed by atoms with Crippen LogP contribution in [-0.2, 0) is 14.8 Å². The topological polar surface area (TPSA) is 73.9 Å². The summed E-state index contributed by atoms with van der Waals surface area (Å²) in [5, 5.41) is 7.08. The molecule has 2 aliphatic rings. The molecule has 7 nitrogen and oxygen atoms in total. The highest BCUT2D eigenvalue weighted by molar-refractivity contribution is 7.89. The van der Waals surface area contributed by atoms with E-state index in [-0.39, 0.29) is 10.4 Å². The lowest BCUT2D eigenvalue weighted by molar-refractivity contribution is 0.0730. The van der Waals surface area contributed by atoms with Gasteiger partial charge in [0.15, 0.2) is 5.11 Å². The van der Waals surface area contributed by atoms with E-state index in [2.05, 4.69) is 29.6 Å². The first-order valence-electron chi connectivity index (χ1n) is 10.2. The average molecular weight is 441 g/mol.